The van der Waals surface area contributed by atoms with Crippen molar-refractivity contribution in [1.29, 1.82) is 0 Å². The highest BCUT2D eigenvalue weighted by atomic mass is 32.2. The van der Waals surface area contributed by atoms with Gasteiger partial charge >= 0.3 is 0 Å². The van der Waals surface area contributed by atoms with Crippen LogP contribution >= 0.6 is 0 Å². The SMILES string of the molecule is CC1CN(S(=O)(=O)c2ccc(C(C)(C)C)cc2)CCN1S(=O)(=O)c1ccc(C(C)(C)C)cc1. The molecule has 0 bridgehead atoms. The fourth-order valence-corrected chi connectivity index (χ4v) is 7.15. The molecule has 0 saturated carbocycles. The van der Waals surface area contributed by atoms with Gasteiger partial charge in [-0.1, -0.05) is 65.8 Å². The molecule has 33 heavy (non-hydrogen) atoms. The molecule has 3 rings (SSSR count). The summed E-state index contributed by atoms with van der Waals surface area (Å²) < 4.78 is 55.8. The van der Waals surface area contributed by atoms with E-state index in [-0.39, 0.29) is 40.3 Å². The zero-order chi connectivity index (χ0) is 24.8. The van der Waals surface area contributed by atoms with Crippen LogP contribution in [0.25, 0.3) is 0 Å². The normalized spacial score (nSPS) is 19.5. The summed E-state index contributed by atoms with van der Waals surface area (Å²) in [5, 5.41) is 0. The van der Waals surface area contributed by atoms with E-state index in [9.17, 15) is 16.8 Å². The van der Waals surface area contributed by atoms with Crippen LogP contribution in [0.3, 0.4) is 0 Å². The predicted molar refractivity (Wildman–Crippen MR) is 132 cm³/mol. The Labute approximate surface area is 199 Å². The summed E-state index contributed by atoms with van der Waals surface area (Å²) in [4.78, 5) is 0.466. The predicted octanol–water partition coefficient (Wildman–Crippen LogP) is 4.37. The molecule has 1 unspecified atom stereocenters. The Morgan fingerprint density at radius 3 is 1.42 bits per heavy atom. The number of hydrogen-bond donors (Lipinski definition) is 0. The van der Waals surface area contributed by atoms with Crippen molar-refractivity contribution in [2.24, 2.45) is 0 Å². The molecule has 0 spiro atoms. The molecular weight excluding hydrogens is 456 g/mol. The summed E-state index contributed by atoms with van der Waals surface area (Å²) in [6.07, 6.45) is 0. The molecule has 0 N–H and O–H groups in total. The number of nitrogens with zero attached hydrogens (tertiary/aromatic N) is 2. The first-order valence-electron chi connectivity index (χ1n) is 11.3. The zero-order valence-corrected chi connectivity index (χ0v) is 22.3. The van der Waals surface area contributed by atoms with Crippen molar-refractivity contribution in [2.45, 2.75) is 75.1 Å². The van der Waals surface area contributed by atoms with Gasteiger partial charge in [0.2, 0.25) is 20.0 Å². The average molecular weight is 493 g/mol. The number of hydrogen-bond acceptors (Lipinski definition) is 4. The molecule has 0 aromatic heterocycles. The molecule has 1 saturated heterocycles. The monoisotopic (exact) mass is 492 g/mol. The number of piperazine rings is 1. The molecule has 1 aliphatic heterocycles. The molecule has 182 valence electrons. The third-order valence-electron chi connectivity index (χ3n) is 6.21. The lowest BCUT2D eigenvalue weighted by Gasteiger charge is -2.38. The molecule has 6 nitrogen and oxygen atoms in total. The van der Waals surface area contributed by atoms with Crippen LogP contribution in [0.15, 0.2) is 58.3 Å². The van der Waals surface area contributed by atoms with Crippen molar-refractivity contribution < 1.29 is 16.8 Å². The molecule has 2 aromatic carbocycles. The molecule has 1 heterocycles. The van der Waals surface area contributed by atoms with Gasteiger partial charge in [0.25, 0.3) is 0 Å². The van der Waals surface area contributed by atoms with Crippen LogP contribution in [0.4, 0.5) is 0 Å². The Hall–Kier alpha value is -1.74. The largest absolute Gasteiger partial charge is 0.243 e. The Kier molecular flexibility index (Phi) is 6.90. The highest BCUT2D eigenvalue weighted by Gasteiger charge is 2.38. The van der Waals surface area contributed by atoms with Gasteiger partial charge in [-0.2, -0.15) is 8.61 Å². The van der Waals surface area contributed by atoms with Gasteiger partial charge in [0, 0.05) is 25.7 Å². The van der Waals surface area contributed by atoms with Crippen molar-refractivity contribution in [1.82, 2.24) is 8.61 Å². The standard InChI is InChI=1S/C25H36N2O4S2/c1-19-18-26(32(28,29)22-12-8-20(9-13-22)24(2,3)4)16-17-27(19)33(30,31)23-14-10-21(11-15-23)25(5,6)7/h8-15,19H,16-18H2,1-7H3. The van der Waals surface area contributed by atoms with Gasteiger partial charge in [-0.15, -0.1) is 0 Å². The van der Waals surface area contributed by atoms with Gasteiger partial charge in [0.05, 0.1) is 9.79 Å². The molecule has 1 atom stereocenters. The van der Waals surface area contributed by atoms with E-state index in [1.165, 1.54) is 8.61 Å². The van der Waals surface area contributed by atoms with Crippen LogP contribution in [0, 0.1) is 0 Å². The number of benzene rings is 2. The third kappa shape index (κ3) is 5.34. The summed E-state index contributed by atoms with van der Waals surface area (Å²) in [6, 6.07) is 13.5. The average Bonchev–Trinajstić information content (AvgIpc) is 2.72. The summed E-state index contributed by atoms with van der Waals surface area (Å²) in [7, 11) is -7.42. The molecule has 1 aliphatic rings. The summed E-state index contributed by atoms with van der Waals surface area (Å²) >= 11 is 0. The molecule has 0 radical (unpaired) electrons. The molecular formula is C25H36N2O4S2. The highest BCUT2D eigenvalue weighted by molar-refractivity contribution is 7.89. The van der Waals surface area contributed by atoms with Gasteiger partial charge in [-0.25, -0.2) is 16.8 Å². The van der Waals surface area contributed by atoms with Gasteiger partial charge < -0.3 is 0 Å². The van der Waals surface area contributed by atoms with E-state index in [1.54, 1.807) is 31.2 Å². The van der Waals surface area contributed by atoms with E-state index in [0.717, 1.165) is 11.1 Å². The van der Waals surface area contributed by atoms with E-state index in [1.807, 2.05) is 24.3 Å². The van der Waals surface area contributed by atoms with E-state index < -0.39 is 26.1 Å². The zero-order valence-electron chi connectivity index (χ0n) is 20.7. The smallest absolute Gasteiger partial charge is 0.207 e. The van der Waals surface area contributed by atoms with Crippen molar-refractivity contribution in [3.8, 4) is 0 Å². The lowest BCUT2D eigenvalue weighted by Crippen LogP contribution is -2.55. The maximum Gasteiger partial charge on any atom is 0.243 e. The highest BCUT2D eigenvalue weighted by Crippen LogP contribution is 2.29. The molecule has 1 fully saturated rings. The van der Waals surface area contributed by atoms with Gasteiger partial charge in [0.15, 0.2) is 0 Å². The lowest BCUT2D eigenvalue weighted by atomic mass is 9.87. The first-order chi connectivity index (χ1) is 15.0. The number of rotatable bonds is 4. The van der Waals surface area contributed by atoms with Crippen LogP contribution in [0.1, 0.15) is 59.6 Å². The topological polar surface area (TPSA) is 74.8 Å². The fraction of sp³-hybridized carbons (Fsp3) is 0.520. The van der Waals surface area contributed by atoms with E-state index in [0.29, 0.717) is 0 Å². The Balaban J connectivity index is 1.78. The maximum absolute atomic E-state index is 13.3. The Morgan fingerprint density at radius 1 is 0.667 bits per heavy atom. The van der Waals surface area contributed by atoms with Crippen LogP contribution < -0.4 is 0 Å². The van der Waals surface area contributed by atoms with E-state index in [4.69, 9.17) is 0 Å². The van der Waals surface area contributed by atoms with Crippen molar-refractivity contribution in [2.75, 3.05) is 19.6 Å². The lowest BCUT2D eigenvalue weighted by molar-refractivity contribution is 0.212. The fourth-order valence-electron chi connectivity index (χ4n) is 4.02. The van der Waals surface area contributed by atoms with Gasteiger partial charge in [0.1, 0.15) is 0 Å². The quantitative estimate of drug-likeness (QED) is 0.635. The first kappa shape index (κ1) is 25.9. The van der Waals surface area contributed by atoms with E-state index in [2.05, 4.69) is 41.5 Å². The minimum Gasteiger partial charge on any atom is -0.207 e. The summed E-state index contributed by atoms with van der Waals surface area (Å²) in [5.41, 5.74) is 1.98. The second kappa shape index (κ2) is 8.80. The number of sulfonamides is 2. The van der Waals surface area contributed by atoms with Crippen molar-refractivity contribution in [3.05, 3.63) is 59.7 Å². The van der Waals surface area contributed by atoms with Crippen molar-refractivity contribution in [3.63, 3.8) is 0 Å². The third-order valence-corrected chi connectivity index (χ3v) is 10.1. The van der Waals surface area contributed by atoms with Crippen molar-refractivity contribution >= 4 is 20.0 Å². The van der Waals surface area contributed by atoms with Crippen LogP contribution in [-0.4, -0.2) is 51.1 Å². The van der Waals surface area contributed by atoms with Crippen LogP contribution in [0.5, 0.6) is 0 Å². The second-order valence-electron chi connectivity index (χ2n) is 10.9. The van der Waals surface area contributed by atoms with Gasteiger partial charge in [-0.05, 0) is 53.1 Å². The Bertz CT molecular complexity index is 1190. The Morgan fingerprint density at radius 2 is 1.06 bits per heavy atom. The molecule has 0 aliphatic carbocycles. The minimum absolute atomic E-state index is 0.0676. The maximum atomic E-state index is 13.3. The summed E-state index contributed by atoms with van der Waals surface area (Å²) in [5.74, 6) is 0. The molecule has 8 heteroatoms. The van der Waals surface area contributed by atoms with Crippen LogP contribution in [0.2, 0.25) is 0 Å². The molecule has 2 aromatic rings. The van der Waals surface area contributed by atoms with Gasteiger partial charge in [-0.3, -0.25) is 0 Å². The van der Waals surface area contributed by atoms with Crippen LogP contribution in [-0.2, 0) is 30.9 Å². The summed E-state index contributed by atoms with van der Waals surface area (Å²) in [6.45, 7) is 14.6. The first-order valence-corrected chi connectivity index (χ1v) is 14.2. The molecule has 0 amide bonds. The van der Waals surface area contributed by atoms with E-state index >= 15 is 0 Å². The second-order valence-corrected chi connectivity index (χ2v) is 14.7. The minimum atomic E-state index is -3.72.